The number of rotatable bonds is 4. The van der Waals surface area contributed by atoms with Gasteiger partial charge in [-0.2, -0.15) is 5.10 Å². The number of carbonyl (C=O) groups is 3. The van der Waals surface area contributed by atoms with Crippen molar-refractivity contribution in [3.05, 3.63) is 29.5 Å². The van der Waals surface area contributed by atoms with Crippen molar-refractivity contribution in [1.82, 2.24) is 20.0 Å². The first kappa shape index (κ1) is 20.5. The second-order valence-corrected chi connectivity index (χ2v) is 9.27. The Morgan fingerprint density at radius 2 is 2.00 bits per heavy atom. The van der Waals surface area contributed by atoms with Gasteiger partial charge in [-0.15, -0.1) is 0 Å². The molecule has 2 fully saturated rings. The Morgan fingerprint density at radius 1 is 1.27 bits per heavy atom. The summed E-state index contributed by atoms with van der Waals surface area (Å²) in [6.45, 7) is 7.54. The van der Waals surface area contributed by atoms with Gasteiger partial charge in [-0.1, -0.05) is 12.1 Å². The number of carbonyl (C=O) groups excluding carboxylic acids is 3. The van der Waals surface area contributed by atoms with Crippen molar-refractivity contribution in [2.45, 2.75) is 51.0 Å². The molecule has 1 aromatic carbocycles. The number of likely N-dealkylation sites (tertiary alicyclic amines) is 1. The maximum absolute atomic E-state index is 12.3. The number of nitrogens with zero attached hydrogens (tertiary/aromatic N) is 3. The van der Waals surface area contributed by atoms with Gasteiger partial charge in [0.25, 0.3) is 0 Å². The van der Waals surface area contributed by atoms with E-state index < -0.39 is 11.5 Å². The largest absolute Gasteiger partial charge is 0.459 e. The van der Waals surface area contributed by atoms with E-state index in [1.165, 1.54) is 5.56 Å². The van der Waals surface area contributed by atoms with Gasteiger partial charge in [-0.25, -0.2) is 0 Å². The molecule has 2 saturated heterocycles. The van der Waals surface area contributed by atoms with Gasteiger partial charge >= 0.3 is 5.97 Å². The highest BCUT2D eigenvalue weighted by atomic mass is 16.6. The van der Waals surface area contributed by atoms with E-state index in [1.807, 2.05) is 33.9 Å². The van der Waals surface area contributed by atoms with E-state index in [-0.39, 0.29) is 17.8 Å². The van der Waals surface area contributed by atoms with E-state index in [4.69, 9.17) is 4.74 Å². The lowest BCUT2D eigenvalue weighted by Crippen LogP contribution is -2.48. The van der Waals surface area contributed by atoms with Crippen molar-refractivity contribution in [1.29, 1.82) is 0 Å². The zero-order valence-electron chi connectivity index (χ0n) is 17.9. The van der Waals surface area contributed by atoms with Crippen LogP contribution in [0.1, 0.15) is 56.7 Å². The van der Waals surface area contributed by atoms with Gasteiger partial charge in [0.1, 0.15) is 5.60 Å². The fraction of sp³-hybridized carbons (Fsp3) is 0.545. The van der Waals surface area contributed by atoms with Crippen LogP contribution in [0.15, 0.2) is 18.2 Å². The Morgan fingerprint density at radius 3 is 2.67 bits per heavy atom. The third kappa shape index (κ3) is 4.09. The van der Waals surface area contributed by atoms with Crippen LogP contribution in [0.2, 0.25) is 0 Å². The average molecular weight is 412 g/mol. The molecule has 1 unspecified atom stereocenters. The predicted molar refractivity (Wildman–Crippen MR) is 111 cm³/mol. The number of benzene rings is 1. The molecule has 0 saturated carbocycles. The Balaban J connectivity index is 1.45. The molecule has 8 nitrogen and oxygen atoms in total. The molecule has 2 aromatic rings. The van der Waals surface area contributed by atoms with Crippen molar-refractivity contribution in [2.75, 3.05) is 19.6 Å². The number of esters is 1. The van der Waals surface area contributed by atoms with Crippen LogP contribution < -0.4 is 5.32 Å². The SMILES string of the molecule is Cn1nc(C2CCC(=O)NC2=O)c2ccc(C3CN(CC(=O)OC(C)(C)C)C3)cc21. The summed E-state index contributed by atoms with van der Waals surface area (Å²) in [4.78, 5) is 37.8. The minimum absolute atomic E-state index is 0.197. The molecular weight excluding hydrogens is 384 g/mol. The second-order valence-electron chi connectivity index (χ2n) is 9.27. The summed E-state index contributed by atoms with van der Waals surface area (Å²) in [6, 6.07) is 6.22. The van der Waals surface area contributed by atoms with E-state index in [0.717, 1.165) is 29.7 Å². The number of aromatic nitrogens is 2. The lowest BCUT2D eigenvalue weighted by molar-refractivity contribution is -0.157. The summed E-state index contributed by atoms with van der Waals surface area (Å²) in [5, 5.41) is 7.95. The van der Waals surface area contributed by atoms with E-state index >= 15 is 0 Å². The summed E-state index contributed by atoms with van der Waals surface area (Å²) in [5.41, 5.74) is 2.43. The lowest BCUT2D eigenvalue weighted by atomic mass is 9.89. The van der Waals surface area contributed by atoms with Crippen molar-refractivity contribution in [2.24, 2.45) is 7.05 Å². The van der Waals surface area contributed by atoms with E-state index in [0.29, 0.717) is 25.3 Å². The molecule has 1 N–H and O–H groups in total. The van der Waals surface area contributed by atoms with Crippen molar-refractivity contribution in [3.63, 3.8) is 0 Å². The predicted octanol–water partition coefficient (Wildman–Crippen LogP) is 1.83. The van der Waals surface area contributed by atoms with Crippen LogP contribution in [0.5, 0.6) is 0 Å². The third-order valence-electron chi connectivity index (χ3n) is 5.67. The van der Waals surface area contributed by atoms with Crippen molar-refractivity contribution < 1.29 is 19.1 Å². The van der Waals surface area contributed by atoms with Gasteiger partial charge in [-0.05, 0) is 38.8 Å². The molecule has 0 bridgehead atoms. The van der Waals surface area contributed by atoms with Gasteiger partial charge in [0.2, 0.25) is 11.8 Å². The molecule has 160 valence electrons. The molecule has 0 spiro atoms. The summed E-state index contributed by atoms with van der Waals surface area (Å²) < 4.78 is 7.19. The molecule has 2 aliphatic rings. The maximum Gasteiger partial charge on any atom is 0.320 e. The Kier molecular flexibility index (Phi) is 5.13. The number of nitrogens with one attached hydrogen (secondary N) is 1. The van der Waals surface area contributed by atoms with Crippen LogP contribution in [0.3, 0.4) is 0 Å². The summed E-state index contributed by atoms with van der Waals surface area (Å²) in [7, 11) is 1.87. The van der Waals surface area contributed by atoms with Crippen LogP contribution in [-0.2, 0) is 26.2 Å². The van der Waals surface area contributed by atoms with Gasteiger partial charge in [0, 0.05) is 37.9 Å². The fourth-order valence-electron chi connectivity index (χ4n) is 4.23. The van der Waals surface area contributed by atoms with Crippen LogP contribution in [0.25, 0.3) is 10.9 Å². The fourth-order valence-corrected chi connectivity index (χ4v) is 4.23. The molecule has 2 aliphatic heterocycles. The Bertz CT molecular complexity index is 1010. The number of imide groups is 1. The summed E-state index contributed by atoms with van der Waals surface area (Å²) in [5.74, 6) is -0.736. The molecule has 0 aliphatic carbocycles. The molecule has 0 radical (unpaired) electrons. The van der Waals surface area contributed by atoms with E-state index in [2.05, 4.69) is 27.4 Å². The van der Waals surface area contributed by atoms with Gasteiger partial charge in [0.15, 0.2) is 0 Å². The quantitative estimate of drug-likeness (QED) is 0.608. The Labute approximate surface area is 175 Å². The van der Waals surface area contributed by atoms with Crippen molar-refractivity contribution in [3.8, 4) is 0 Å². The van der Waals surface area contributed by atoms with E-state index in [1.54, 1.807) is 4.68 Å². The number of aryl methyl sites for hydroxylation is 1. The number of amides is 2. The zero-order chi connectivity index (χ0) is 21.6. The molecular formula is C22H28N4O4. The van der Waals surface area contributed by atoms with Crippen molar-refractivity contribution >= 4 is 28.7 Å². The minimum Gasteiger partial charge on any atom is -0.459 e. The number of hydrogen-bond donors (Lipinski definition) is 1. The van der Waals surface area contributed by atoms with Crippen LogP contribution in [0.4, 0.5) is 0 Å². The molecule has 8 heteroatoms. The average Bonchev–Trinajstić information content (AvgIpc) is 2.92. The highest BCUT2D eigenvalue weighted by Crippen LogP contribution is 2.34. The second kappa shape index (κ2) is 7.50. The standard InChI is InChI=1S/C22H28N4O4/c1-22(2,3)30-19(28)12-26-10-14(11-26)13-5-6-15-17(9-13)25(4)24-20(15)16-7-8-18(27)23-21(16)29/h5-6,9,14,16H,7-8,10-12H2,1-4H3,(H,23,27,29). The molecule has 1 atom stereocenters. The first-order valence-corrected chi connectivity index (χ1v) is 10.3. The van der Waals surface area contributed by atoms with Crippen LogP contribution in [0, 0.1) is 0 Å². The number of piperidine rings is 1. The molecule has 30 heavy (non-hydrogen) atoms. The number of ether oxygens (including phenoxy) is 1. The Hall–Kier alpha value is -2.74. The minimum atomic E-state index is -0.466. The number of fused-ring (bicyclic) bond motifs is 1. The first-order chi connectivity index (χ1) is 14.1. The maximum atomic E-state index is 12.3. The smallest absolute Gasteiger partial charge is 0.320 e. The van der Waals surface area contributed by atoms with Gasteiger partial charge in [0.05, 0.1) is 23.7 Å². The molecule has 3 heterocycles. The molecule has 4 rings (SSSR count). The van der Waals surface area contributed by atoms with Gasteiger partial charge in [-0.3, -0.25) is 29.3 Å². The monoisotopic (exact) mass is 412 g/mol. The number of hydrogen-bond acceptors (Lipinski definition) is 6. The molecule has 2 amide bonds. The first-order valence-electron chi connectivity index (χ1n) is 10.3. The summed E-state index contributed by atoms with van der Waals surface area (Å²) in [6.07, 6.45) is 0.822. The highest BCUT2D eigenvalue weighted by molar-refractivity contribution is 6.02. The van der Waals surface area contributed by atoms with E-state index in [9.17, 15) is 14.4 Å². The molecule has 1 aromatic heterocycles. The van der Waals surface area contributed by atoms with Crippen LogP contribution in [-0.4, -0.2) is 57.7 Å². The highest BCUT2D eigenvalue weighted by Gasteiger charge is 2.33. The summed E-state index contributed by atoms with van der Waals surface area (Å²) >= 11 is 0. The normalized spacial score (nSPS) is 20.9. The topological polar surface area (TPSA) is 93.5 Å². The zero-order valence-corrected chi connectivity index (χ0v) is 17.9. The van der Waals surface area contributed by atoms with Gasteiger partial charge < -0.3 is 4.74 Å². The lowest BCUT2D eigenvalue weighted by Gasteiger charge is -2.39. The van der Waals surface area contributed by atoms with Crippen LogP contribution >= 0.6 is 0 Å². The third-order valence-corrected chi connectivity index (χ3v) is 5.67.